The highest BCUT2D eigenvalue weighted by atomic mass is 16.5. The van der Waals surface area contributed by atoms with Gasteiger partial charge in [-0.3, -0.25) is 0 Å². The molecule has 0 bridgehead atoms. The molecule has 0 aromatic heterocycles. The molecule has 1 saturated heterocycles. The molecule has 1 aromatic carbocycles. The SMILES string of the molecule is OCCCC(NC1C2CCOC2C12CCC2)c1ccccc1. The highest BCUT2D eigenvalue weighted by Crippen LogP contribution is 2.63. The van der Waals surface area contributed by atoms with Crippen molar-refractivity contribution < 1.29 is 9.84 Å². The summed E-state index contributed by atoms with van der Waals surface area (Å²) < 4.78 is 6.03. The van der Waals surface area contributed by atoms with E-state index in [1.807, 2.05) is 0 Å². The average Bonchev–Trinajstić information content (AvgIpc) is 2.92. The van der Waals surface area contributed by atoms with Crippen LogP contribution in [-0.2, 0) is 4.74 Å². The van der Waals surface area contributed by atoms with E-state index < -0.39 is 0 Å². The Balaban J connectivity index is 1.51. The fourth-order valence-corrected chi connectivity index (χ4v) is 5.04. The van der Waals surface area contributed by atoms with Crippen molar-refractivity contribution in [2.75, 3.05) is 13.2 Å². The molecule has 3 heteroatoms. The fraction of sp³-hybridized carbons (Fsp3) is 0.684. The van der Waals surface area contributed by atoms with Crippen molar-refractivity contribution in [3.05, 3.63) is 35.9 Å². The number of aliphatic hydroxyl groups is 1. The van der Waals surface area contributed by atoms with Crippen molar-refractivity contribution >= 4 is 0 Å². The summed E-state index contributed by atoms with van der Waals surface area (Å²) in [5.74, 6) is 0.709. The number of hydrogen-bond acceptors (Lipinski definition) is 3. The maximum atomic E-state index is 9.23. The molecule has 1 heterocycles. The van der Waals surface area contributed by atoms with E-state index in [1.165, 1.54) is 31.2 Å². The molecular formula is C19H27NO2. The Labute approximate surface area is 133 Å². The third kappa shape index (κ3) is 2.22. The zero-order chi connectivity index (χ0) is 15.0. The first kappa shape index (κ1) is 14.7. The lowest BCUT2D eigenvalue weighted by Gasteiger charge is -2.64. The lowest BCUT2D eigenvalue weighted by Crippen LogP contribution is -2.71. The highest BCUT2D eigenvalue weighted by Gasteiger charge is 2.66. The Hall–Kier alpha value is -0.900. The summed E-state index contributed by atoms with van der Waals surface area (Å²) in [7, 11) is 0. The molecule has 3 aliphatic rings. The summed E-state index contributed by atoms with van der Waals surface area (Å²) in [4.78, 5) is 0. The number of hydrogen-bond donors (Lipinski definition) is 2. The summed E-state index contributed by atoms with van der Waals surface area (Å²) in [5.41, 5.74) is 1.78. The van der Waals surface area contributed by atoms with Crippen LogP contribution in [0.2, 0.25) is 0 Å². The van der Waals surface area contributed by atoms with E-state index in [1.54, 1.807) is 0 Å². The quantitative estimate of drug-likeness (QED) is 0.848. The second-order valence-corrected chi connectivity index (χ2v) is 7.30. The second-order valence-electron chi connectivity index (χ2n) is 7.30. The summed E-state index contributed by atoms with van der Waals surface area (Å²) in [6, 6.07) is 11.7. The highest BCUT2D eigenvalue weighted by molar-refractivity contribution is 5.23. The van der Waals surface area contributed by atoms with Gasteiger partial charge in [-0.1, -0.05) is 36.8 Å². The number of benzene rings is 1. The molecule has 0 radical (unpaired) electrons. The Morgan fingerprint density at radius 2 is 2.09 bits per heavy atom. The molecule has 1 aromatic rings. The minimum absolute atomic E-state index is 0.274. The number of nitrogens with one attached hydrogen (secondary N) is 1. The van der Waals surface area contributed by atoms with Gasteiger partial charge < -0.3 is 15.2 Å². The van der Waals surface area contributed by atoms with Crippen LogP contribution in [0.4, 0.5) is 0 Å². The monoisotopic (exact) mass is 301 g/mol. The van der Waals surface area contributed by atoms with Crippen LogP contribution in [0.15, 0.2) is 30.3 Å². The number of ether oxygens (including phenoxy) is 1. The number of fused-ring (bicyclic) bond motifs is 2. The maximum Gasteiger partial charge on any atom is 0.0690 e. The first-order valence-electron chi connectivity index (χ1n) is 8.88. The molecule has 0 amide bonds. The lowest BCUT2D eigenvalue weighted by atomic mass is 9.46. The van der Waals surface area contributed by atoms with Crippen LogP contribution in [0.25, 0.3) is 0 Å². The van der Waals surface area contributed by atoms with Crippen molar-refractivity contribution in [2.24, 2.45) is 11.3 Å². The topological polar surface area (TPSA) is 41.5 Å². The molecule has 120 valence electrons. The van der Waals surface area contributed by atoms with Crippen LogP contribution in [0.3, 0.4) is 0 Å². The molecule has 2 N–H and O–H groups in total. The molecular weight excluding hydrogens is 274 g/mol. The van der Waals surface area contributed by atoms with E-state index in [-0.39, 0.29) is 6.61 Å². The Morgan fingerprint density at radius 3 is 2.77 bits per heavy atom. The van der Waals surface area contributed by atoms with E-state index in [9.17, 15) is 5.11 Å². The molecule has 3 nitrogen and oxygen atoms in total. The van der Waals surface area contributed by atoms with E-state index in [0.29, 0.717) is 29.5 Å². The van der Waals surface area contributed by atoms with Crippen molar-refractivity contribution in [2.45, 2.75) is 56.7 Å². The second kappa shape index (κ2) is 5.95. The van der Waals surface area contributed by atoms with Crippen molar-refractivity contribution in [3.8, 4) is 0 Å². The van der Waals surface area contributed by atoms with Crippen LogP contribution >= 0.6 is 0 Å². The number of aliphatic hydroxyl groups excluding tert-OH is 1. The first-order chi connectivity index (χ1) is 10.8. The van der Waals surface area contributed by atoms with Crippen LogP contribution < -0.4 is 5.32 Å². The van der Waals surface area contributed by atoms with Gasteiger partial charge in [0, 0.05) is 36.6 Å². The van der Waals surface area contributed by atoms with Gasteiger partial charge in [0.25, 0.3) is 0 Å². The first-order valence-corrected chi connectivity index (χ1v) is 8.88. The standard InChI is InChI=1S/C19H27NO2/c21-12-4-8-16(14-6-2-1-3-7-14)20-17-15-9-13-22-18(15)19(17)10-5-11-19/h1-3,6-7,15-18,20-21H,4-5,8-13H2. The summed E-state index contributed by atoms with van der Waals surface area (Å²) in [6.07, 6.45) is 7.61. The molecule has 4 unspecified atom stereocenters. The third-order valence-corrected chi connectivity index (χ3v) is 6.27. The molecule has 4 rings (SSSR count). The van der Waals surface area contributed by atoms with Crippen LogP contribution in [0.5, 0.6) is 0 Å². The molecule has 1 spiro atoms. The van der Waals surface area contributed by atoms with Crippen LogP contribution in [0.1, 0.15) is 50.1 Å². The van der Waals surface area contributed by atoms with Gasteiger partial charge in [0.15, 0.2) is 0 Å². The fourth-order valence-electron chi connectivity index (χ4n) is 5.04. The number of rotatable bonds is 6. The minimum atomic E-state index is 0.274. The van der Waals surface area contributed by atoms with Gasteiger partial charge in [0.05, 0.1) is 6.10 Å². The predicted octanol–water partition coefficient (Wildman–Crippen LogP) is 3.05. The molecule has 4 atom stereocenters. The third-order valence-electron chi connectivity index (χ3n) is 6.27. The van der Waals surface area contributed by atoms with Crippen molar-refractivity contribution in [3.63, 3.8) is 0 Å². The minimum Gasteiger partial charge on any atom is -0.396 e. The smallest absolute Gasteiger partial charge is 0.0690 e. The van der Waals surface area contributed by atoms with Gasteiger partial charge >= 0.3 is 0 Å². The van der Waals surface area contributed by atoms with Crippen LogP contribution in [-0.4, -0.2) is 30.5 Å². The van der Waals surface area contributed by atoms with E-state index in [0.717, 1.165) is 19.4 Å². The van der Waals surface area contributed by atoms with E-state index in [2.05, 4.69) is 35.6 Å². The van der Waals surface area contributed by atoms with Crippen molar-refractivity contribution in [1.82, 2.24) is 5.32 Å². The maximum absolute atomic E-state index is 9.23. The zero-order valence-corrected chi connectivity index (χ0v) is 13.2. The molecule has 1 aliphatic heterocycles. The molecule has 2 aliphatic carbocycles. The van der Waals surface area contributed by atoms with Gasteiger partial charge in [0.2, 0.25) is 0 Å². The Bertz CT molecular complexity index is 499. The molecule has 2 saturated carbocycles. The lowest BCUT2D eigenvalue weighted by molar-refractivity contribution is -0.178. The average molecular weight is 301 g/mol. The predicted molar refractivity (Wildman–Crippen MR) is 86.6 cm³/mol. The van der Waals surface area contributed by atoms with E-state index >= 15 is 0 Å². The largest absolute Gasteiger partial charge is 0.396 e. The molecule has 3 fully saturated rings. The Kier molecular flexibility index (Phi) is 3.97. The van der Waals surface area contributed by atoms with Gasteiger partial charge in [-0.25, -0.2) is 0 Å². The zero-order valence-electron chi connectivity index (χ0n) is 13.2. The molecule has 22 heavy (non-hydrogen) atoms. The van der Waals surface area contributed by atoms with Crippen molar-refractivity contribution in [1.29, 1.82) is 0 Å². The summed E-state index contributed by atoms with van der Waals surface area (Å²) >= 11 is 0. The van der Waals surface area contributed by atoms with Crippen LogP contribution in [0, 0.1) is 11.3 Å². The van der Waals surface area contributed by atoms with E-state index in [4.69, 9.17) is 4.74 Å². The van der Waals surface area contributed by atoms with Gasteiger partial charge in [-0.2, -0.15) is 0 Å². The summed E-state index contributed by atoms with van der Waals surface area (Å²) in [6.45, 7) is 1.22. The summed E-state index contributed by atoms with van der Waals surface area (Å²) in [5, 5.41) is 13.2. The van der Waals surface area contributed by atoms with Gasteiger partial charge in [0.1, 0.15) is 0 Å². The normalized spacial score (nSPS) is 33.0. The van der Waals surface area contributed by atoms with Gasteiger partial charge in [-0.15, -0.1) is 0 Å². The van der Waals surface area contributed by atoms with Gasteiger partial charge in [-0.05, 0) is 37.7 Å². The Morgan fingerprint density at radius 1 is 1.27 bits per heavy atom.